The molecular formula is C13H16F4N2O. The fourth-order valence-corrected chi connectivity index (χ4v) is 2.51. The van der Waals surface area contributed by atoms with Crippen LogP contribution in [0.2, 0.25) is 0 Å². The van der Waals surface area contributed by atoms with E-state index < -0.39 is 23.6 Å². The van der Waals surface area contributed by atoms with E-state index in [1.54, 1.807) is 0 Å². The molecule has 2 rings (SSSR count). The molecule has 1 aromatic carbocycles. The Labute approximate surface area is 114 Å². The van der Waals surface area contributed by atoms with Gasteiger partial charge in [-0.3, -0.25) is 11.3 Å². The molecule has 1 aliphatic rings. The summed E-state index contributed by atoms with van der Waals surface area (Å²) in [6.45, 7) is 1.10. The normalized spacial score (nSPS) is 19.1. The first-order valence-corrected chi connectivity index (χ1v) is 6.34. The van der Waals surface area contributed by atoms with Crippen LogP contribution in [0, 0.1) is 11.7 Å². The minimum atomic E-state index is -4.71. The van der Waals surface area contributed by atoms with Gasteiger partial charge in [0.2, 0.25) is 0 Å². The Morgan fingerprint density at radius 3 is 2.45 bits per heavy atom. The Hall–Kier alpha value is -1.18. The number of hydrogen-bond donors (Lipinski definition) is 2. The van der Waals surface area contributed by atoms with Gasteiger partial charge in [-0.25, -0.2) is 4.39 Å². The Morgan fingerprint density at radius 1 is 1.25 bits per heavy atom. The third-order valence-corrected chi connectivity index (χ3v) is 3.57. The predicted octanol–water partition coefficient (Wildman–Crippen LogP) is 2.78. The van der Waals surface area contributed by atoms with Crippen molar-refractivity contribution >= 4 is 0 Å². The number of hydrazine groups is 1. The molecule has 3 N–H and O–H groups in total. The van der Waals surface area contributed by atoms with Crippen LogP contribution in [-0.2, 0) is 10.9 Å². The predicted molar refractivity (Wildman–Crippen MR) is 65.0 cm³/mol. The molecule has 112 valence electrons. The summed E-state index contributed by atoms with van der Waals surface area (Å²) in [4.78, 5) is 0. The van der Waals surface area contributed by atoms with Crippen LogP contribution in [0.3, 0.4) is 0 Å². The maximum atomic E-state index is 13.3. The molecular weight excluding hydrogens is 276 g/mol. The van der Waals surface area contributed by atoms with Gasteiger partial charge in [-0.1, -0.05) is 6.07 Å². The SMILES string of the molecule is NNC(c1ccc(F)c(C(F)(F)F)c1)C1CCOCC1. The lowest BCUT2D eigenvalue weighted by molar-refractivity contribution is -0.140. The first-order valence-electron chi connectivity index (χ1n) is 6.34. The first kappa shape index (κ1) is 15.2. The zero-order chi connectivity index (χ0) is 14.8. The van der Waals surface area contributed by atoms with Crippen LogP contribution in [-0.4, -0.2) is 13.2 Å². The number of hydrogen-bond acceptors (Lipinski definition) is 3. The summed E-state index contributed by atoms with van der Waals surface area (Å²) in [6, 6.07) is 2.56. The zero-order valence-corrected chi connectivity index (χ0v) is 10.7. The van der Waals surface area contributed by atoms with Gasteiger partial charge in [0.1, 0.15) is 5.82 Å². The molecule has 1 fully saturated rings. The molecule has 0 bridgehead atoms. The lowest BCUT2D eigenvalue weighted by atomic mass is 9.87. The molecule has 1 saturated heterocycles. The molecule has 1 unspecified atom stereocenters. The first-order chi connectivity index (χ1) is 9.43. The smallest absolute Gasteiger partial charge is 0.381 e. The largest absolute Gasteiger partial charge is 0.419 e. The molecule has 7 heteroatoms. The van der Waals surface area contributed by atoms with Crippen LogP contribution in [0.4, 0.5) is 17.6 Å². The van der Waals surface area contributed by atoms with Gasteiger partial charge in [0.05, 0.1) is 5.56 Å². The molecule has 0 amide bonds. The van der Waals surface area contributed by atoms with Crippen molar-refractivity contribution in [2.24, 2.45) is 11.8 Å². The van der Waals surface area contributed by atoms with E-state index in [1.807, 2.05) is 0 Å². The van der Waals surface area contributed by atoms with Crippen LogP contribution < -0.4 is 11.3 Å². The molecule has 0 saturated carbocycles. The van der Waals surface area contributed by atoms with E-state index in [-0.39, 0.29) is 5.92 Å². The van der Waals surface area contributed by atoms with Gasteiger partial charge in [-0.2, -0.15) is 13.2 Å². The molecule has 1 aliphatic heterocycles. The maximum absolute atomic E-state index is 13.3. The topological polar surface area (TPSA) is 47.3 Å². The lowest BCUT2D eigenvalue weighted by Crippen LogP contribution is -2.36. The average molecular weight is 292 g/mol. The van der Waals surface area contributed by atoms with Crippen molar-refractivity contribution in [2.45, 2.75) is 25.1 Å². The van der Waals surface area contributed by atoms with Crippen molar-refractivity contribution < 1.29 is 22.3 Å². The summed E-state index contributed by atoms with van der Waals surface area (Å²) in [6.07, 6.45) is -3.31. The third kappa shape index (κ3) is 3.28. The van der Waals surface area contributed by atoms with Gasteiger partial charge in [-0.05, 0) is 36.5 Å². The molecule has 0 aromatic heterocycles. The molecule has 1 atom stereocenters. The van der Waals surface area contributed by atoms with Gasteiger partial charge < -0.3 is 4.74 Å². The Kier molecular flexibility index (Phi) is 4.62. The highest BCUT2D eigenvalue weighted by Gasteiger charge is 2.35. The summed E-state index contributed by atoms with van der Waals surface area (Å²) in [5, 5.41) is 0. The van der Waals surface area contributed by atoms with Crippen LogP contribution in [0.25, 0.3) is 0 Å². The van der Waals surface area contributed by atoms with Crippen LogP contribution in [0.15, 0.2) is 18.2 Å². The minimum absolute atomic E-state index is 0.0697. The molecule has 0 aliphatic carbocycles. The number of nitrogens with one attached hydrogen (secondary N) is 1. The zero-order valence-electron chi connectivity index (χ0n) is 10.7. The van der Waals surface area contributed by atoms with Crippen molar-refractivity contribution in [3.63, 3.8) is 0 Å². The highest BCUT2D eigenvalue weighted by atomic mass is 19.4. The highest BCUT2D eigenvalue weighted by Crippen LogP contribution is 2.35. The fourth-order valence-electron chi connectivity index (χ4n) is 2.51. The van der Waals surface area contributed by atoms with Crippen LogP contribution >= 0.6 is 0 Å². The second-order valence-corrected chi connectivity index (χ2v) is 4.83. The molecule has 1 aromatic rings. The number of nitrogens with two attached hydrogens (primary N) is 1. The van der Waals surface area contributed by atoms with Gasteiger partial charge in [0, 0.05) is 19.3 Å². The highest BCUT2D eigenvalue weighted by molar-refractivity contribution is 5.30. The third-order valence-electron chi connectivity index (χ3n) is 3.57. The van der Waals surface area contributed by atoms with Crippen molar-refractivity contribution in [1.29, 1.82) is 0 Å². The second-order valence-electron chi connectivity index (χ2n) is 4.83. The molecule has 0 radical (unpaired) electrons. The Balaban J connectivity index is 2.30. The van der Waals surface area contributed by atoms with E-state index in [2.05, 4.69) is 5.43 Å². The molecule has 1 heterocycles. The number of ether oxygens (including phenoxy) is 1. The summed E-state index contributed by atoms with van der Waals surface area (Å²) >= 11 is 0. The van der Waals surface area contributed by atoms with E-state index in [1.165, 1.54) is 6.07 Å². The Morgan fingerprint density at radius 2 is 1.90 bits per heavy atom. The molecule has 3 nitrogen and oxygen atoms in total. The fraction of sp³-hybridized carbons (Fsp3) is 0.538. The summed E-state index contributed by atoms with van der Waals surface area (Å²) in [7, 11) is 0. The van der Waals surface area contributed by atoms with Crippen molar-refractivity contribution in [2.75, 3.05) is 13.2 Å². The minimum Gasteiger partial charge on any atom is -0.381 e. The average Bonchev–Trinajstić information content (AvgIpc) is 2.41. The lowest BCUT2D eigenvalue weighted by Gasteiger charge is -2.30. The van der Waals surface area contributed by atoms with E-state index in [0.717, 1.165) is 12.1 Å². The number of rotatable bonds is 3. The monoisotopic (exact) mass is 292 g/mol. The van der Waals surface area contributed by atoms with Gasteiger partial charge >= 0.3 is 6.18 Å². The number of benzene rings is 1. The summed E-state index contributed by atoms with van der Waals surface area (Å²) in [5.74, 6) is 4.26. The van der Waals surface area contributed by atoms with E-state index >= 15 is 0 Å². The van der Waals surface area contributed by atoms with Gasteiger partial charge in [-0.15, -0.1) is 0 Å². The van der Waals surface area contributed by atoms with E-state index in [0.29, 0.717) is 31.6 Å². The summed E-state index contributed by atoms with van der Waals surface area (Å²) < 4.78 is 56.7. The van der Waals surface area contributed by atoms with Gasteiger partial charge in [0.25, 0.3) is 0 Å². The second kappa shape index (κ2) is 6.07. The molecule has 0 spiro atoms. The number of alkyl halides is 3. The van der Waals surface area contributed by atoms with E-state index in [9.17, 15) is 17.6 Å². The van der Waals surface area contributed by atoms with Crippen LogP contribution in [0.1, 0.15) is 30.0 Å². The van der Waals surface area contributed by atoms with Crippen LogP contribution in [0.5, 0.6) is 0 Å². The van der Waals surface area contributed by atoms with Crippen molar-refractivity contribution in [3.8, 4) is 0 Å². The van der Waals surface area contributed by atoms with Gasteiger partial charge in [0.15, 0.2) is 0 Å². The van der Waals surface area contributed by atoms with Crippen molar-refractivity contribution in [1.82, 2.24) is 5.43 Å². The molecule has 20 heavy (non-hydrogen) atoms. The van der Waals surface area contributed by atoms with Crippen molar-refractivity contribution in [3.05, 3.63) is 35.1 Å². The number of halogens is 4. The Bertz CT molecular complexity index is 458. The summed E-state index contributed by atoms with van der Waals surface area (Å²) in [5.41, 5.74) is 1.62. The maximum Gasteiger partial charge on any atom is 0.419 e. The quantitative estimate of drug-likeness (QED) is 0.511. The standard InChI is InChI=1S/C13H16F4N2O/c14-11-2-1-9(7-10(11)13(15,16)17)12(19-18)8-3-5-20-6-4-8/h1-2,7-8,12,19H,3-6,18H2. The van der Waals surface area contributed by atoms with E-state index in [4.69, 9.17) is 10.6 Å².